The maximum atomic E-state index is 11.7. The van der Waals surface area contributed by atoms with Crippen molar-refractivity contribution >= 4 is 17.3 Å². The molecular weight excluding hydrogens is 242 g/mol. The number of para-hydroxylation sites is 2. The van der Waals surface area contributed by atoms with Gasteiger partial charge in [0.25, 0.3) is 5.91 Å². The van der Waals surface area contributed by atoms with Crippen molar-refractivity contribution in [1.82, 2.24) is 4.98 Å². The van der Waals surface area contributed by atoms with E-state index >= 15 is 0 Å². The van der Waals surface area contributed by atoms with E-state index < -0.39 is 0 Å². The lowest BCUT2D eigenvalue weighted by atomic mass is 10.3. The van der Waals surface area contributed by atoms with Crippen LogP contribution in [0.1, 0.15) is 5.69 Å². The van der Waals surface area contributed by atoms with E-state index in [9.17, 15) is 4.79 Å². The molecule has 0 spiro atoms. The molecule has 1 aromatic heterocycles. The number of aryl methyl sites for hydroxylation is 1. The van der Waals surface area contributed by atoms with Crippen LogP contribution in [0.4, 0.5) is 11.4 Å². The van der Waals surface area contributed by atoms with Crippen molar-refractivity contribution in [2.24, 2.45) is 0 Å². The van der Waals surface area contributed by atoms with Crippen LogP contribution in [0.15, 0.2) is 42.6 Å². The molecule has 1 heterocycles. The third-order valence-corrected chi connectivity index (χ3v) is 2.56. The van der Waals surface area contributed by atoms with Gasteiger partial charge in [-0.05, 0) is 31.2 Å². The highest BCUT2D eigenvalue weighted by atomic mass is 16.5. The summed E-state index contributed by atoms with van der Waals surface area (Å²) in [4.78, 5) is 15.8. The zero-order chi connectivity index (χ0) is 13.7. The summed E-state index contributed by atoms with van der Waals surface area (Å²) < 4.78 is 5.35. The van der Waals surface area contributed by atoms with E-state index in [4.69, 9.17) is 10.5 Å². The summed E-state index contributed by atoms with van der Waals surface area (Å²) in [5.74, 6) is 0.250. The maximum Gasteiger partial charge on any atom is 0.262 e. The van der Waals surface area contributed by atoms with Gasteiger partial charge >= 0.3 is 0 Å². The lowest BCUT2D eigenvalue weighted by Crippen LogP contribution is -2.21. The molecule has 3 N–H and O–H groups in total. The second kappa shape index (κ2) is 5.86. The Hall–Kier alpha value is -2.56. The fraction of sp³-hybridized carbons (Fsp3) is 0.143. The van der Waals surface area contributed by atoms with Gasteiger partial charge in [0.15, 0.2) is 6.61 Å². The molecule has 0 fully saturated rings. The number of carbonyl (C=O) groups excluding carboxylic acids is 1. The standard InChI is InChI=1S/C14H15N3O2/c1-10-12(6-4-8-16-10)17-14(18)9-19-13-7-3-2-5-11(13)15/h2-8H,9,15H2,1H3,(H,17,18). The molecule has 0 aliphatic carbocycles. The minimum absolute atomic E-state index is 0.0947. The Morgan fingerprint density at radius 1 is 1.32 bits per heavy atom. The molecule has 98 valence electrons. The number of carbonyl (C=O) groups is 1. The maximum absolute atomic E-state index is 11.7. The number of ether oxygens (including phenoxy) is 1. The van der Waals surface area contributed by atoms with Crippen LogP contribution in [0.2, 0.25) is 0 Å². The minimum Gasteiger partial charge on any atom is -0.482 e. The van der Waals surface area contributed by atoms with Crippen molar-refractivity contribution < 1.29 is 9.53 Å². The normalized spacial score (nSPS) is 9.95. The number of aromatic nitrogens is 1. The number of hydrogen-bond donors (Lipinski definition) is 2. The summed E-state index contributed by atoms with van der Waals surface area (Å²) in [5, 5.41) is 2.73. The molecule has 1 amide bonds. The van der Waals surface area contributed by atoms with Gasteiger partial charge in [0.2, 0.25) is 0 Å². The van der Waals surface area contributed by atoms with Gasteiger partial charge in [-0.3, -0.25) is 9.78 Å². The lowest BCUT2D eigenvalue weighted by molar-refractivity contribution is -0.118. The van der Waals surface area contributed by atoms with Crippen LogP contribution < -0.4 is 15.8 Å². The topological polar surface area (TPSA) is 77.2 Å². The average Bonchev–Trinajstić information content (AvgIpc) is 2.40. The van der Waals surface area contributed by atoms with E-state index in [1.165, 1.54) is 0 Å². The number of benzene rings is 1. The Morgan fingerprint density at radius 3 is 2.84 bits per heavy atom. The van der Waals surface area contributed by atoms with Gasteiger partial charge in [-0.15, -0.1) is 0 Å². The molecule has 2 aromatic rings. The number of anilines is 2. The molecule has 0 atom stereocenters. The van der Waals surface area contributed by atoms with Gasteiger partial charge in [-0.25, -0.2) is 0 Å². The fourth-order valence-electron chi connectivity index (χ4n) is 1.56. The average molecular weight is 257 g/mol. The summed E-state index contributed by atoms with van der Waals surface area (Å²) >= 11 is 0. The zero-order valence-electron chi connectivity index (χ0n) is 10.6. The third-order valence-electron chi connectivity index (χ3n) is 2.56. The van der Waals surface area contributed by atoms with Crippen molar-refractivity contribution in [3.05, 3.63) is 48.3 Å². The van der Waals surface area contributed by atoms with Crippen molar-refractivity contribution in [1.29, 1.82) is 0 Å². The van der Waals surface area contributed by atoms with Gasteiger partial charge in [-0.1, -0.05) is 12.1 Å². The molecule has 2 rings (SSSR count). The van der Waals surface area contributed by atoms with Crippen LogP contribution in [0.3, 0.4) is 0 Å². The molecule has 1 aromatic carbocycles. The summed E-state index contributed by atoms with van der Waals surface area (Å²) in [6, 6.07) is 10.6. The van der Waals surface area contributed by atoms with Crippen molar-refractivity contribution in [2.75, 3.05) is 17.7 Å². The van der Waals surface area contributed by atoms with E-state index in [1.54, 1.807) is 42.6 Å². The molecule has 5 heteroatoms. The monoisotopic (exact) mass is 257 g/mol. The number of nitrogens with one attached hydrogen (secondary N) is 1. The number of amides is 1. The summed E-state index contributed by atoms with van der Waals surface area (Å²) in [6.07, 6.45) is 1.67. The van der Waals surface area contributed by atoms with E-state index in [1.807, 2.05) is 6.92 Å². The lowest BCUT2D eigenvalue weighted by Gasteiger charge is -2.10. The SMILES string of the molecule is Cc1ncccc1NC(=O)COc1ccccc1N. The van der Waals surface area contributed by atoms with E-state index in [0.29, 0.717) is 17.1 Å². The Morgan fingerprint density at radius 2 is 2.11 bits per heavy atom. The first-order valence-electron chi connectivity index (χ1n) is 5.85. The van der Waals surface area contributed by atoms with Gasteiger partial charge in [0.05, 0.1) is 17.1 Å². The quantitative estimate of drug-likeness (QED) is 0.821. The number of nitrogen functional groups attached to an aromatic ring is 1. The van der Waals surface area contributed by atoms with Gasteiger partial charge in [0.1, 0.15) is 5.75 Å². The smallest absolute Gasteiger partial charge is 0.262 e. The zero-order valence-corrected chi connectivity index (χ0v) is 10.6. The van der Waals surface area contributed by atoms with Crippen molar-refractivity contribution in [2.45, 2.75) is 6.92 Å². The first kappa shape index (κ1) is 12.9. The second-order valence-electron chi connectivity index (χ2n) is 4.01. The first-order valence-corrected chi connectivity index (χ1v) is 5.85. The molecule has 0 aliphatic rings. The third kappa shape index (κ3) is 3.45. The van der Waals surface area contributed by atoms with Crippen LogP contribution >= 0.6 is 0 Å². The van der Waals surface area contributed by atoms with Crippen LogP contribution in [0.25, 0.3) is 0 Å². The molecule has 0 radical (unpaired) electrons. The Kier molecular flexibility index (Phi) is 3.97. The van der Waals surface area contributed by atoms with Gasteiger partial charge in [0, 0.05) is 6.20 Å². The van der Waals surface area contributed by atoms with E-state index in [-0.39, 0.29) is 12.5 Å². The Bertz CT molecular complexity index is 584. The first-order chi connectivity index (χ1) is 9.16. The molecule has 0 aliphatic heterocycles. The predicted molar refractivity (Wildman–Crippen MR) is 74.0 cm³/mol. The fourth-order valence-corrected chi connectivity index (χ4v) is 1.56. The number of rotatable bonds is 4. The molecule has 0 saturated heterocycles. The van der Waals surface area contributed by atoms with Crippen LogP contribution in [0.5, 0.6) is 5.75 Å². The molecule has 5 nitrogen and oxygen atoms in total. The predicted octanol–water partition coefficient (Wildman–Crippen LogP) is 1.99. The molecule has 0 saturated carbocycles. The number of nitrogens with zero attached hydrogens (tertiary/aromatic N) is 1. The van der Waals surface area contributed by atoms with Crippen LogP contribution in [0, 0.1) is 6.92 Å². The molecule has 0 unspecified atom stereocenters. The van der Waals surface area contributed by atoms with Gasteiger partial charge < -0.3 is 15.8 Å². The largest absolute Gasteiger partial charge is 0.482 e. The highest BCUT2D eigenvalue weighted by Crippen LogP contribution is 2.19. The number of pyridine rings is 1. The van der Waals surface area contributed by atoms with E-state index in [0.717, 1.165) is 5.69 Å². The Balaban J connectivity index is 1.92. The number of hydrogen-bond acceptors (Lipinski definition) is 4. The summed E-state index contributed by atoms with van der Waals surface area (Å²) in [6.45, 7) is 1.73. The minimum atomic E-state index is -0.251. The molecular formula is C14H15N3O2. The second-order valence-corrected chi connectivity index (χ2v) is 4.01. The van der Waals surface area contributed by atoms with E-state index in [2.05, 4.69) is 10.3 Å². The van der Waals surface area contributed by atoms with Crippen LogP contribution in [-0.4, -0.2) is 17.5 Å². The van der Waals surface area contributed by atoms with Crippen LogP contribution in [-0.2, 0) is 4.79 Å². The summed E-state index contributed by atoms with van der Waals surface area (Å²) in [7, 11) is 0. The highest BCUT2D eigenvalue weighted by molar-refractivity contribution is 5.92. The summed E-state index contributed by atoms with van der Waals surface area (Å²) in [5.41, 5.74) is 7.66. The number of nitrogens with two attached hydrogens (primary N) is 1. The molecule has 0 bridgehead atoms. The van der Waals surface area contributed by atoms with Crippen molar-refractivity contribution in [3.63, 3.8) is 0 Å². The van der Waals surface area contributed by atoms with Crippen molar-refractivity contribution in [3.8, 4) is 5.75 Å². The van der Waals surface area contributed by atoms with Gasteiger partial charge in [-0.2, -0.15) is 0 Å². The Labute approximate surface area is 111 Å². The highest BCUT2D eigenvalue weighted by Gasteiger charge is 2.07. The molecule has 19 heavy (non-hydrogen) atoms.